The second-order valence-corrected chi connectivity index (χ2v) is 5.54. The van der Waals surface area contributed by atoms with Gasteiger partial charge in [-0.25, -0.2) is 0 Å². The van der Waals surface area contributed by atoms with Crippen molar-refractivity contribution in [2.45, 2.75) is 13.8 Å². The summed E-state index contributed by atoms with van der Waals surface area (Å²) in [6.07, 6.45) is 4.86. The highest BCUT2D eigenvalue weighted by Gasteiger charge is 2.03. The lowest BCUT2D eigenvalue weighted by atomic mass is 10.1. The molecule has 0 radical (unpaired) electrons. The summed E-state index contributed by atoms with van der Waals surface area (Å²) in [5.41, 5.74) is 10.2. The maximum absolute atomic E-state index is 12.1. The number of hydrogen-bond donors (Lipinski definition) is 2. The van der Waals surface area contributed by atoms with E-state index in [4.69, 9.17) is 10.5 Å². The van der Waals surface area contributed by atoms with Crippen LogP contribution in [0.2, 0.25) is 0 Å². The van der Waals surface area contributed by atoms with Gasteiger partial charge in [-0.2, -0.15) is 0 Å². The van der Waals surface area contributed by atoms with Crippen molar-refractivity contribution in [2.75, 3.05) is 17.7 Å². The van der Waals surface area contributed by atoms with Gasteiger partial charge in [-0.05, 0) is 54.8 Å². The van der Waals surface area contributed by atoms with Crippen molar-refractivity contribution in [1.29, 1.82) is 0 Å². The van der Waals surface area contributed by atoms with Crippen LogP contribution in [0.4, 0.5) is 11.4 Å². The number of ether oxygens (including phenoxy) is 1. The van der Waals surface area contributed by atoms with E-state index in [1.165, 1.54) is 6.08 Å². The van der Waals surface area contributed by atoms with Crippen LogP contribution in [0.5, 0.6) is 5.75 Å². The monoisotopic (exact) mass is 322 g/mol. The van der Waals surface area contributed by atoms with E-state index in [1.54, 1.807) is 24.3 Å². The molecule has 0 saturated heterocycles. The topological polar surface area (TPSA) is 64.3 Å². The summed E-state index contributed by atoms with van der Waals surface area (Å²) in [7, 11) is 0. The molecule has 0 atom stereocenters. The molecule has 24 heavy (non-hydrogen) atoms. The summed E-state index contributed by atoms with van der Waals surface area (Å²) in [5.74, 6) is 0.418. The average Bonchev–Trinajstić information content (AvgIpc) is 2.55. The van der Waals surface area contributed by atoms with Crippen LogP contribution in [0.1, 0.15) is 16.7 Å². The highest BCUT2D eigenvalue weighted by molar-refractivity contribution is 6.02. The first-order chi connectivity index (χ1) is 11.5. The van der Waals surface area contributed by atoms with E-state index < -0.39 is 0 Å². The Morgan fingerprint density at radius 3 is 2.75 bits per heavy atom. The number of nitrogens with two attached hydrogens (primary N) is 1. The maximum atomic E-state index is 12.1. The number of aryl methyl sites for hydroxylation is 2. The van der Waals surface area contributed by atoms with Gasteiger partial charge >= 0.3 is 0 Å². The molecule has 4 heteroatoms. The van der Waals surface area contributed by atoms with Crippen molar-refractivity contribution in [1.82, 2.24) is 0 Å². The molecule has 1 amide bonds. The quantitative estimate of drug-likeness (QED) is 0.478. The molecular formula is C20H22N2O2. The van der Waals surface area contributed by atoms with E-state index >= 15 is 0 Å². The molecule has 124 valence electrons. The summed E-state index contributed by atoms with van der Waals surface area (Å²) in [6, 6.07) is 11.3. The van der Waals surface area contributed by atoms with E-state index in [0.29, 0.717) is 18.0 Å². The molecular weight excluding hydrogens is 300 g/mol. The molecule has 2 aromatic carbocycles. The van der Waals surface area contributed by atoms with Gasteiger partial charge in [0.15, 0.2) is 0 Å². The Hall–Kier alpha value is -3.01. The van der Waals surface area contributed by atoms with E-state index in [0.717, 1.165) is 22.4 Å². The smallest absolute Gasteiger partial charge is 0.248 e. The minimum atomic E-state index is -0.186. The summed E-state index contributed by atoms with van der Waals surface area (Å²) in [5, 5.41) is 2.88. The van der Waals surface area contributed by atoms with Crippen LogP contribution in [-0.2, 0) is 4.79 Å². The lowest BCUT2D eigenvalue weighted by Gasteiger charge is -2.08. The standard InChI is InChI=1S/C20H22N2O2/c1-4-11-24-19-9-7-16(13-17(19)21)8-10-20(23)22-18-12-14(2)5-6-15(18)3/h4-10,12-13H,1,11,21H2,2-3H3,(H,22,23)/b10-8-. The summed E-state index contributed by atoms with van der Waals surface area (Å²) in [6.45, 7) is 7.95. The largest absolute Gasteiger partial charge is 0.487 e. The van der Waals surface area contributed by atoms with Gasteiger partial charge in [0.1, 0.15) is 12.4 Å². The van der Waals surface area contributed by atoms with Gasteiger partial charge < -0.3 is 15.8 Å². The van der Waals surface area contributed by atoms with E-state index in [1.807, 2.05) is 38.1 Å². The van der Waals surface area contributed by atoms with Crippen LogP contribution >= 0.6 is 0 Å². The number of amides is 1. The predicted octanol–water partition coefficient (Wildman–Crippen LogP) is 4.10. The first kappa shape index (κ1) is 17.3. The predicted molar refractivity (Wildman–Crippen MR) is 100 cm³/mol. The minimum absolute atomic E-state index is 0.186. The Bertz CT molecular complexity index is 779. The van der Waals surface area contributed by atoms with Gasteiger partial charge in [0.2, 0.25) is 5.91 Å². The molecule has 3 N–H and O–H groups in total. The fraction of sp³-hybridized carbons (Fsp3) is 0.150. The van der Waals surface area contributed by atoms with Crippen molar-refractivity contribution in [3.63, 3.8) is 0 Å². The summed E-state index contributed by atoms with van der Waals surface area (Å²) >= 11 is 0. The zero-order chi connectivity index (χ0) is 17.5. The molecule has 0 aromatic heterocycles. The van der Waals surface area contributed by atoms with Crippen LogP contribution in [0.25, 0.3) is 6.08 Å². The first-order valence-corrected chi connectivity index (χ1v) is 7.69. The number of carbonyl (C=O) groups excluding carboxylic acids is 1. The highest BCUT2D eigenvalue weighted by atomic mass is 16.5. The van der Waals surface area contributed by atoms with Crippen molar-refractivity contribution in [3.8, 4) is 5.75 Å². The third-order valence-electron chi connectivity index (χ3n) is 3.47. The number of hydrogen-bond acceptors (Lipinski definition) is 3. The Morgan fingerprint density at radius 2 is 2.04 bits per heavy atom. The Labute approximate surface area is 142 Å². The maximum Gasteiger partial charge on any atom is 0.248 e. The molecule has 2 rings (SSSR count). The van der Waals surface area contributed by atoms with E-state index in [2.05, 4.69) is 11.9 Å². The molecule has 0 bridgehead atoms. The molecule has 4 nitrogen and oxygen atoms in total. The van der Waals surface area contributed by atoms with Gasteiger partial charge in [0, 0.05) is 11.8 Å². The fourth-order valence-electron chi connectivity index (χ4n) is 2.17. The highest BCUT2D eigenvalue weighted by Crippen LogP contribution is 2.23. The summed E-state index contributed by atoms with van der Waals surface area (Å²) in [4.78, 5) is 12.1. The molecule has 2 aromatic rings. The van der Waals surface area contributed by atoms with Gasteiger partial charge in [-0.3, -0.25) is 4.79 Å². The number of nitrogens with one attached hydrogen (secondary N) is 1. The van der Waals surface area contributed by atoms with Gasteiger partial charge in [-0.1, -0.05) is 30.9 Å². The first-order valence-electron chi connectivity index (χ1n) is 7.69. The minimum Gasteiger partial charge on any atom is -0.487 e. The molecule has 0 aliphatic carbocycles. The van der Waals surface area contributed by atoms with Crippen molar-refractivity contribution in [2.24, 2.45) is 0 Å². The number of carbonyl (C=O) groups is 1. The Kier molecular flexibility index (Phi) is 5.79. The third kappa shape index (κ3) is 4.74. The second kappa shape index (κ2) is 8.02. The van der Waals surface area contributed by atoms with Crippen molar-refractivity contribution < 1.29 is 9.53 Å². The van der Waals surface area contributed by atoms with Crippen LogP contribution in [0.15, 0.2) is 55.1 Å². The molecule has 0 heterocycles. The van der Waals surface area contributed by atoms with Crippen LogP contribution < -0.4 is 15.8 Å². The number of nitrogen functional groups attached to an aromatic ring is 1. The van der Waals surface area contributed by atoms with Crippen molar-refractivity contribution >= 4 is 23.4 Å². The third-order valence-corrected chi connectivity index (χ3v) is 3.47. The van der Waals surface area contributed by atoms with E-state index in [9.17, 15) is 4.79 Å². The fourth-order valence-corrected chi connectivity index (χ4v) is 2.17. The molecule has 0 unspecified atom stereocenters. The van der Waals surface area contributed by atoms with Gasteiger partial charge in [-0.15, -0.1) is 0 Å². The average molecular weight is 322 g/mol. The zero-order valence-electron chi connectivity index (χ0n) is 14.0. The summed E-state index contributed by atoms with van der Waals surface area (Å²) < 4.78 is 5.42. The van der Waals surface area contributed by atoms with Crippen LogP contribution in [0.3, 0.4) is 0 Å². The van der Waals surface area contributed by atoms with Crippen molar-refractivity contribution in [3.05, 3.63) is 71.8 Å². The van der Waals surface area contributed by atoms with E-state index in [-0.39, 0.29) is 5.91 Å². The normalized spacial score (nSPS) is 10.6. The lowest BCUT2D eigenvalue weighted by molar-refractivity contribution is -0.111. The number of anilines is 2. The van der Waals surface area contributed by atoms with Gasteiger partial charge in [0.25, 0.3) is 0 Å². The molecule has 0 fully saturated rings. The Morgan fingerprint density at radius 1 is 1.25 bits per heavy atom. The number of benzene rings is 2. The zero-order valence-corrected chi connectivity index (χ0v) is 14.0. The van der Waals surface area contributed by atoms with Crippen LogP contribution in [-0.4, -0.2) is 12.5 Å². The van der Waals surface area contributed by atoms with Gasteiger partial charge in [0.05, 0.1) is 5.69 Å². The van der Waals surface area contributed by atoms with Crippen LogP contribution in [0, 0.1) is 13.8 Å². The molecule has 0 aliphatic rings. The molecule has 0 spiro atoms. The molecule has 0 saturated carbocycles. The lowest BCUT2D eigenvalue weighted by Crippen LogP contribution is -2.09. The second-order valence-electron chi connectivity index (χ2n) is 5.54. The molecule has 0 aliphatic heterocycles. The Balaban J connectivity index is 2.04. The number of rotatable bonds is 6. The SMILES string of the molecule is C=CCOc1ccc(/C=C\C(=O)Nc2cc(C)ccc2C)cc1N.